The molecule has 1 heterocycles. The van der Waals surface area contributed by atoms with Crippen LogP contribution in [0.15, 0.2) is 0 Å². The van der Waals surface area contributed by atoms with Crippen molar-refractivity contribution in [2.24, 2.45) is 0 Å². The Balaban J connectivity index is 2.90. The van der Waals surface area contributed by atoms with Crippen molar-refractivity contribution in [3.8, 4) is 0 Å². The number of anilines is 1. The third-order valence-corrected chi connectivity index (χ3v) is 2.96. The van der Waals surface area contributed by atoms with Crippen LogP contribution < -0.4 is 4.90 Å². The van der Waals surface area contributed by atoms with Gasteiger partial charge in [-0.25, -0.2) is 4.79 Å². The first-order valence-corrected chi connectivity index (χ1v) is 4.91. The number of alkyl halides is 3. The summed E-state index contributed by atoms with van der Waals surface area (Å²) in [5, 5.41) is 13.8. The monoisotopic (exact) mass is 255 g/mol. The molecule has 9 heteroatoms. The van der Waals surface area contributed by atoms with E-state index in [-0.39, 0.29) is 5.13 Å². The lowest BCUT2D eigenvalue weighted by Crippen LogP contribution is -2.35. The fraction of sp³-hybridized carbons (Fsp3) is 0.571. The number of hydrogen-bond donors (Lipinski definition) is 1. The summed E-state index contributed by atoms with van der Waals surface area (Å²) in [6.45, 7) is 1.34. The maximum Gasteiger partial charge on any atom is 0.445 e. The second kappa shape index (κ2) is 4.24. The van der Waals surface area contributed by atoms with E-state index >= 15 is 0 Å². The Kier molecular flexibility index (Phi) is 3.36. The predicted molar refractivity (Wildman–Crippen MR) is 50.4 cm³/mol. The highest BCUT2D eigenvalue weighted by atomic mass is 32.1. The van der Waals surface area contributed by atoms with Gasteiger partial charge in [-0.05, 0) is 6.92 Å². The van der Waals surface area contributed by atoms with Crippen LogP contribution in [0.4, 0.5) is 18.3 Å². The molecule has 0 bridgehead atoms. The van der Waals surface area contributed by atoms with Gasteiger partial charge in [-0.2, -0.15) is 13.2 Å². The van der Waals surface area contributed by atoms with Gasteiger partial charge in [0.1, 0.15) is 6.04 Å². The van der Waals surface area contributed by atoms with E-state index in [2.05, 4.69) is 10.2 Å². The van der Waals surface area contributed by atoms with Gasteiger partial charge < -0.3 is 10.0 Å². The first kappa shape index (κ1) is 12.7. The summed E-state index contributed by atoms with van der Waals surface area (Å²) in [4.78, 5) is 11.7. The number of carbonyl (C=O) groups is 1. The van der Waals surface area contributed by atoms with Crippen molar-refractivity contribution in [3.05, 3.63) is 5.01 Å². The minimum Gasteiger partial charge on any atom is -0.480 e. The molecular formula is C7H8F3N3O2S. The van der Waals surface area contributed by atoms with Crippen molar-refractivity contribution in [2.45, 2.75) is 19.1 Å². The number of likely N-dealkylation sites (N-methyl/N-ethyl adjacent to an activating group) is 1. The van der Waals surface area contributed by atoms with Gasteiger partial charge in [0, 0.05) is 7.05 Å². The Morgan fingerprint density at radius 2 is 2.06 bits per heavy atom. The van der Waals surface area contributed by atoms with Crippen LogP contribution >= 0.6 is 11.3 Å². The summed E-state index contributed by atoms with van der Waals surface area (Å²) in [7, 11) is 1.35. The van der Waals surface area contributed by atoms with Gasteiger partial charge in [0.05, 0.1) is 0 Å². The summed E-state index contributed by atoms with van der Waals surface area (Å²) in [6, 6.07) is -0.964. The average molecular weight is 255 g/mol. The number of aromatic nitrogens is 2. The molecule has 1 N–H and O–H groups in total. The Bertz CT molecular complexity index is 392. The zero-order chi connectivity index (χ0) is 12.5. The summed E-state index contributed by atoms with van der Waals surface area (Å²) in [5.74, 6) is -1.15. The standard InChI is InChI=1S/C7H8F3N3O2S/c1-3(4(14)15)13(2)6-12-11-5(16-6)7(8,9)10/h3H,1-2H3,(H,14,15). The molecule has 0 amide bonds. The zero-order valence-electron chi connectivity index (χ0n) is 8.32. The van der Waals surface area contributed by atoms with Gasteiger partial charge in [-0.15, -0.1) is 10.2 Å². The fourth-order valence-electron chi connectivity index (χ4n) is 0.804. The lowest BCUT2D eigenvalue weighted by molar-refractivity contribution is -0.139. The van der Waals surface area contributed by atoms with Gasteiger partial charge in [0.25, 0.3) is 0 Å². The van der Waals surface area contributed by atoms with Crippen LogP contribution in [0.5, 0.6) is 0 Å². The summed E-state index contributed by atoms with van der Waals surface area (Å²) in [5.41, 5.74) is 0. The summed E-state index contributed by atoms with van der Waals surface area (Å²) in [6.07, 6.45) is -4.55. The third kappa shape index (κ3) is 2.60. The molecule has 1 unspecified atom stereocenters. The van der Waals surface area contributed by atoms with Gasteiger partial charge in [-0.3, -0.25) is 0 Å². The van der Waals surface area contributed by atoms with Crippen LogP contribution in [-0.4, -0.2) is 34.4 Å². The van der Waals surface area contributed by atoms with E-state index < -0.39 is 23.2 Å². The van der Waals surface area contributed by atoms with Crippen LogP contribution in [0, 0.1) is 0 Å². The van der Waals surface area contributed by atoms with Crippen molar-refractivity contribution in [3.63, 3.8) is 0 Å². The second-order valence-corrected chi connectivity index (χ2v) is 3.97. The maximum atomic E-state index is 12.2. The van der Waals surface area contributed by atoms with Crippen molar-refractivity contribution < 1.29 is 23.1 Å². The molecule has 0 saturated carbocycles. The molecule has 5 nitrogen and oxygen atoms in total. The van der Waals surface area contributed by atoms with E-state index in [1.165, 1.54) is 14.0 Å². The number of carboxylic acids is 1. The van der Waals surface area contributed by atoms with Crippen LogP contribution in [0.2, 0.25) is 0 Å². The number of nitrogens with zero attached hydrogens (tertiary/aromatic N) is 3. The molecule has 0 fully saturated rings. The van der Waals surface area contributed by atoms with E-state index in [1.807, 2.05) is 0 Å². The van der Waals surface area contributed by atoms with E-state index in [0.29, 0.717) is 11.3 Å². The molecule has 0 aliphatic heterocycles. The highest BCUT2D eigenvalue weighted by Crippen LogP contribution is 2.34. The molecule has 0 saturated heterocycles. The Hall–Kier alpha value is -1.38. The van der Waals surface area contributed by atoms with Crippen molar-refractivity contribution >= 4 is 22.4 Å². The van der Waals surface area contributed by atoms with Crippen molar-refractivity contribution in [1.29, 1.82) is 0 Å². The lowest BCUT2D eigenvalue weighted by atomic mass is 10.3. The van der Waals surface area contributed by atoms with Crippen molar-refractivity contribution in [2.75, 3.05) is 11.9 Å². The Morgan fingerprint density at radius 3 is 2.44 bits per heavy atom. The molecule has 90 valence electrons. The average Bonchev–Trinajstić information content (AvgIpc) is 2.63. The van der Waals surface area contributed by atoms with E-state index in [4.69, 9.17) is 5.11 Å². The molecule has 1 atom stereocenters. The molecule has 0 aliphatic rings. The topological polar surface area (TPSA) is 66.3 Å². The maximum absolute atomic E-state index is 12.2. The molecule has 1 rings (SSSR count). The Labute approximate surface area is 92.5 Å². The SMILES string of the molecule is CC(C(=O)O)N(C)c1nnc(C(F)(F)F)s1. The highest BCUT2D eigenvalue weighted by Gasteiger charge is 2.36. The summed E-state index contributed by atoms with van der Waals surface area (Å²) >= 11 is 0.309. The smallest absolute Gasteiger partial charge is 0.445 e. The molecule has 0 radical (unpaired) electrons. The molecular weight excluding hydrogens is 247 g/mol. The van der Waals surface area contributed by atoms with E-state index in [9.17, 15) is 18.0 Å². The quantitative estimate of drug-likeness (QED) is 0.885. The second-order valence-electron chi connectivity index (χ2n) is 3.01. The number of halogens is 3. The lowest BCUT2D eigenvalue weighted by Gasteiger charge is -2.19. The summed E-state index contributed by atoms with van der Waals surface area (Å²) < 4.78 is 36.6. The highest BCUT2D eigenvalue weighted by molar-refractivity contribution is 7.15. The zero-order valence-corrected chi connectivity index (χ0v) is 9.13. The first-order valence-electron chi connectivity index (χ1n) is 4.10. The third-order valence-electron chi connectivity index (χ3n) is 1.90. The first-order chi connectivity index (χ1) is 7.23. The number of carboxylic acid groups (broad SMARTS) is 1. The molecule has 0 spiro atoms. The number of rotatable bonds is 3. The van der Waals surface area contributed by atoms with Gasteiger partial charge in [0.15, 0.2) is 0 Å². The number of hydrogen-bond acceptors (Lipinski definition) is 5. The fourth-order valence-corrected chi connectivity index (χ4v) is 1.56. The van der Waals surface area contributed by atoms with Gasteiger partial charge >= 0.3 is 12.1 Å². The van der Waals surface area contributed by atoms with Crippen molar-refractivity contribution in [1.82, 2.24) is 10.2 Å². The van der Waals surface area contributed by atoms with E-state index in [1.54, 1.807) is 0 Å². The predicted octanol–water partition coefficient (Wildman–Crippen LogP) is 1.47. The Morgan fingerprint density at radius 1 is 1.50 bits per heavy atom. The molecule has 0 aliphatic carbocycles. The minimum atomic E-state index is -4.55. The van der Waals surface area contributed by atoms with Gasteiger partial charge in [-0.1, -0.05) is 11.3 Å². The molecule has 16 heavy (non-hydrogen) atoms. The van der Waals surface area contributed by atoms with Crippen LogP contribution in [0.1, 0.15) is 11.9 Å². The number of aliphatic carboxylic acids is 1. The van der Waals surface area contributed by atoms with Crippen LogP contribution in [0.3, 0.4) is 0 Å². The minimum absolute atomic E-state index is 0.0813. The van der Waals surface area contributed by atoms with Crippen LogP contribution in [-0.2, 0) is 11.0 Å². The molecule has 0 aromatic carbocycles. The van der Waals surface area contributed by atoms with Gasteiger partial charge in [0.2, 0.25) is 10.1 Å². The molecule has 1 aromatic rings. The van der Waals surface area contributed by atoms with E-state index in [0.717, 1.165) is 4.90 Å². The van der Waals surface area contributed by atoms with Crippen LogP contribution in [0.25, 0.3) is 0 Å². The normalized spacial score (nSPS) is 13.6. The largest absolute Gasteiger partial charge is 0.480 e. The molecule has 1 aromatic heterocycles.